The van der Waals surface area contributed by atoms with E-state index in [4.69, 9.17) is 4.74 Å². The van der Waals surface area contributed by atoms with E-state index in [2.05, 4.69) is 38.7 Å². The molecular formula is C20H21FN4OS. The van der Waals surface area contributed by atoms with Crippen LogP contribution in [-0.2, 0) is 4.74 Å². The lowest BCUT2D eigenvalue weighted by atomic mass is 10.2. The highest BCUT2D eigenvalue weighted by Gasteiger charge is 2.23. The molecule has 1 fully saturated rings. The number of ether oxygens (including phenoxy) is 1. The largest absolute Gasteiger partial charge is 0.378 e. The van der Waals surface area contributed by atoms with Crippen LogP contribution in [-0.4, -0.2) is 41.1 Å². The summed E-state index contributed by atoms with van der Waals surface area (Å²) in [7, 11) is 0. The van der Waals surface area contributed by atoms with Crippen LogP contribution in [0.1, 0.15) is 17.7 Å². The van der Waals surface area contributed by atoms with E-state index in [1.54, 1.807) is 11.8 Å². The molecule has 140 valence electrons. The lowest BCUT2D eigenvalue weighted by molar-refractivity contribution is 0.122. The third kappa shape index (κ3) is 3.99. The highest BCUT2D eigenvalue weighted by Crippen LogP contribution is 2.36. The monoisotopic (exact) mass is 384 g/mol. The van der Waals surface area contributed by atoms with Crippen LogP contribution in [0.4, 0.5) is 10.3 Å². The van der Waals surface area contributed by atoms with Crippen molar-refractivity contribution in [3.05, 3.63) is 66.0 Å². The van der Waals surface area contributed by atoms with Gasteiger partial charge in [0.1, 0.15) is 5.82 Å². The van der Waals surface area contributed by atoms with Crippen molar-refractivity contribution in [2.75, 3.05) is 31.2 Å². The summed E-state index contributed by atoms with van der Waals surface area (Å²) < 4.78 is 20.8. The number of nitrogens with zero attached hydrogens (tertiary/aromatic N) is 4. The maximum absolute atomic E-state index is 13.2. The highest BCUT2D eigenvalue weighted by atomic mass is 32.2. The average Bonchev–Trinajstić information content (AvgIpc) is 3.13. The molecule has 7 heteroatoms. The van der Waals surface area contributed by atoms with Gasteiger partial charge in [0, 0.05) is 18.3 Å². The van der Waals surface area contributed by atoms with E-state index in [0.717, 1.165) is 35.4 Å². The smallest absolute Gasteiger partial charge is 0.232 e. The summed E-state index contributed by atoms with van der Waals surface area (Å²) in [6.45, 7) is 5.06. The fourth-order valence-corrected chi connectivity index (χ4v) is 4.06. The molecule has 1 aliphatic rings. The molecule has 0 spiro atoms. The van der Waals surface area contributed by atoms with Crippen molar-refractivity contribution in [1.82, 2.24) is 14.8 Å². The number of benzene rings is 2. The first-order chi connectivity index (χ1) is 13.2. The van der Waals surface area contributed by atoms with Gasteiger partial charge in [-0.15, -0.1) is 10.2 Å². The first-order valence-corrected chi connectivity index (χ1v) is 9.86. The van der Waals surface area contributed by atoms with Crippen LogP contribution >= 0.6 is 11.8 Å². The molecule has 0 N–H and O–H groups in total. The zero-order valence-electron chi connectivity index (χ0n) is 15.1. The zero-order valence-corrected chi connectivity index (χ0v) is 15.9. The van der Waals surface area contributed by atoms with E-state index in [9.17, 15) is 4.39 Å². The molecule has 1 saturated heterocycles. The van der Waals surface area contributed by atoms with Crippen LogP contribution in [0.5, 0.6) is 0 Å². The zero-order chi connectivity index (χ0) is 18.6. The number of hydrogen-bond acceptors (Lipinski definition) is 5. The third-order valence-corrected chi connectivity index (χ3v) is 5.65. The quantitative estimate of drug-likeness (QED) is 0.620. The Morgan fingerprint density at radius 1 is 1.00 bits per heavy atom. The van der Waals surface area contributed by atoms with Gasteiger partial charge in [-0.25, -0.2) is 4.39 Å². The minimum Gasteiger partial charge on any atom is -0.378 e. The Kier molecular flexibility index (Phi) is 5.40. The molecule has 0 radical (unpaired) electrons. The lowest BCUT2D eigenvalue weighted by Gasteiger charge is -2.28. The number of aromatic nitrogens is 3. The van der Waals surface area contributed by atoms with Crippen molar-refractivity contribution >= 4 is 17.7 Å². The predicted octanol–water partition coefficient (Wildman–Crippen LogP) is 4.10. The van der Waals surface area contributed by atoms with Gasteiger partial charge < -0.3 is 9.64 Å². The molecule has 1 atom stereocenters. The fraction of sp³-hybridized carbons (Fsp3) is 0.300. The Bertz CT molecular complexity index is 879. The molecule has 4 rings (SSSR count). The summed E-state index contributed by atoms with van der Waals surface area (Å²) in [5.41, 5.74) is 2.08. The molecule has 0 bridgehead atoms. The van der Waals surface area contributed by atoms with Gasteiger partial charge in [0.15, 0.2) is 5.16 Å². The molecule has 1 aliphatic heterocycles. The van der Waals surface area contributed by atoms with E-state index < -0.39 is 0 Å². The summed E-state index contributed by atoms with van der Waals surface area (Å²) in [4.78, 5) is 2.20. The Morgan fingerprint density at radius 2 is 1.70 bits per heavy atom. The van der Waals surface area contributed by atoms with Gasteiger partial charge in [-0.3, -0.25) is 4.57 Å². The average molecular weight is 384 g/mol. The minimum absolute atomic E-state index is 0.120. The van der Waals surface area contributed by atoms with E-state index in [1.807, 2.05) is 30.3 Å². The first kappa shape index (κ1) is 18.0. The summed E-state index contributed by atoms with van der Waals surface area (Å²) in [5.74, 6) is 0.608. The SMILES string of the molecule is C[C@@H](Sc1nnc(N2CCOCC2)n1-c1ccccc1)c1ccc(F)cc1. The van der Waals surface area contributed by atoms with Crippen LogP contribution in [0, 0.1) is 5.82 Å². The molecular weight excluding hydrogens is 363 g/mol. The van der Waals surface area contributed by atoms with Gasteiger partial charge in [0.2, 0.25) is 5.95 Å². The Hall–Kier alpha value is -2.38. The van der Waals surface area contributed by atoms with Gasteiger partial charge in [-0.1, -0.05) is 42.1 Å². The second-order valence-electron chi connectivity index (χ2n) is 6.36. The fourth-order valence-electron chi connectivity index (χ4n) is 3.07. The van der Waals surface area contributed by atoms with E-state index in [0.29, 0.717) is 13.2 Å². The topological polar surface area (TPSA) is 43.2 Å². The number of hydrogen-bond donors (Lipinski definition) is 0. The molecule has 3 aromatic rings. The van der Waals surface area contributed by atoms with E-state index in [1.165, 1.54) is 12.1 Å². The van der Waals surface area contributed by atoms with Crippen molar-refractivity contribution in [3.63, 3.8) is 0 Å². The lowest BCUT2D eigenvalue weighted by Crippen LogP contribution is -2.37. The van der Waals surface area contributed by atoms with Crippen LogP contribution in [0.25, 0.3) is 5.69 Å². The van der Waals surface area contributed by atoms with Gasteiger partial charge in [0.05, 0.1) is 18.9 Å². The second kappa shape index (κ2) is 8.10. The highest BCUT2D eigenvalue weighted by molar-refractivity contribution is 7.99. The number of rotatable bonds is 5. The van der Waals surface area contributed by atoms with Crippen molar-refractivity contribution < 1.29 is 9.13 Å². The molecule has 0 saturated carbocycles. The van der Waals surface area contributed by atoms with Crippen LogP contribution in [0.2, 0.25) is 0 Å². The van der Waals surface area contributed by atoms with Gasteiger partial charge in [-0.05, 0) is 36.8 Å². The van der Waals surface area contributed by atoms with Crippen molar-refractivity contribution in [1.29, 1.82) is 0 Å². The molecule has 0 amide bonds. The van der Waals surface area contributed by atoms with Crippen LogP contribution in [0.3, 0.4) is 0 Å². The van der Waals surface area contributed by atoms with Crippen LogP contribution < -0.4 is 4.90 Å². The Balaban J connectivity index is 1.67. The summed E-state index contributed by atoms with van der Waals surface area (Å²) in [6.07, 6.45) is 0. The third-order valence-electron chi connectivity index (χ3n) is 4.55. The Morgan fingerprint density at radius 3 is 2.41 bits per heavy atom. The van der Waals surface area contributed by atoms with Gasteiger partial charge >= 0.3 is 0 Å². The maximum Gasteiger partial charge on any atom is 0.232 e. The molecule has 27 heavy (non-hydrogen) atoms. The number of anilines is 1. The molecule has 5 nitrogen and oxygen atoms in total. The minimum atomic E-state index is -0.224. The normalized spacial score (nSPS) is 15.7. The van der Waals surface area contributed by atoms with Crippen LogP contribution in [0.15, 0.2) is 59.8 Å². The maximum atomic E-state index is 13.2. The van der Waals surface area contributed by atoms with E-state index >= 15 is 0 Å². The van der Waals surface area contributed by atoms with Gasteiger partial charge in [-0.2, -0.15) is 0 Å². The van der Waals surface area contributed by atoms with Crippen molar-refractivity contribution in [2.45, 2.75) is 17.3 Å². The Labute approximate surface area is 162 Å². The molecule has 0 unspecified atom stereocenters. The molecule has 0 aliphatic carbocycles. The second-order valence-corrected chi connectivity index (χ2v) is 7.67. The summed E-state index contributed by atoms with van der Waals surface area (Å²) in [5, 5.41) is 9.89. The molecule has 1 aromatic heterocycles. The first-order valence-electron chi connectivity index (χ1n) is 8.98. The number of morpholine rings is 1. The molecule has 2 aromatic carbocycles. The van der Waals surface area contributed by atoms with Crippen molar-refractivity contribution in [3.8, 4) is 5.69 Å². The van der Waals surface area contributed by atoms with E-state index in [-0.39, 0.29) is 11.1 Å². The number of thioether (sulfide) groups is 1. The molecule has 2 heterocycles. The predicted molar refractivity (Wildman–Crippen MR) is 105 cm³/mol. The summed E-state index contributed by atoms with van der Waals surface area (Å²) in [6, 6.07) is 16.8. The van der Waals surface area contributed by atoms with Crippen molar-refractivity contribution in [2.24, 2.45) is 0 Å². The number of halogens is 1. The number of para-hydroxylation sites is 1. The standard InChI is InChI=1S/C20H21FN4OS/c1-15(16-7-9-17(21)10-8-16)27-20-23-22-19(24-11-13-26-14-12-24)25(20)18-5-3-2-4-6-18/h2-10,15H,11-14H2,1H3/t15-/m1/s1. The van der Waals surface area contributed by atoms with Gasteiger partial charge in [0.25, 0.3) is 0 Å². The summed E-state index contributed by atoms with van der Waals surface area (Å²) >= 11 is 1.62.